The normalized spacial score (nSPS) is 10.6. The number of rotatable bonds is 7. The Balaban J connectivity index is 1.40. The lowest BCUT2D eigenvalue weighted by Gasteiger charge is -2.09. The molecule has 0 fully saturated rings. The van der Waals surface area contributed by atoms with Gasteiger partial charge in [-0.25, -0.2) is 9.97 Å². The van der Waals surface area contributed by atoms with Crippen molar-refractivity contribution in [3.63, 3.8) is 0 Å². The van der Waals surface area contributed by atoms with E-state index in [1.54, 1.807) is 30.5 Å². The fraction of sp³-hybridized carbons (Fsp3) is 0.120. The lowest BCUT2D eigenvalue weighted by molar-refractivity contribution is 0.0923. The molecule has 2 aromatic heterocycles. The second-order valence-electron chi connectivity index (χ2n) is 7.32. The van der Waals surface area contributed by atoms with Crippen molar-refractivity contribution >= 4 is 11.8 Å². The summed E-state index contributed by atoms with van der Waals surface area (Å²) in [4.78, 5) is 33.1. The number of carbonyl (C=O) groups is 2. The first kappa shape index (κ1) is 21.8. The van der Waals surface area contributed by atoms with Crippen molar-refractivity contribution in [1.82, 2.24) is 20.6 Å². The van der Waals surface area contributed by atoms with E-state index >= 15 is 0 Å². The molecule has 0 atom stereocenters. The molecular formula is C25H22N4O4. The molecular weight excluding hydrogens is 420 g/mol. The molecule has 0 aliphatic carbocycles. The van der Waals surface area contributed by atoms with Crippen LogP contribution in [0.4, 0.5) is 0 Å². The number of hydrogen-bond donors (Lipinski definition) is 3. The Kier molecular flexibility index (Phi) is 6.45. The van der Waals surface area contributed by atoms with Gasteiger partial charge in [-0.05, 0) is 31.2 Å². The van der Waals surface area contributed by atoms with Crippen LogP contribution in [0.2, 0.25) is 0 Å². The van der Waals surface area contributed by atoms with Gasteiger partial charge >= 0.3 is 0 Å². The van der Waals surface area contributed by atoms with Crippen molar-refractivity contribution in [1.29, 1.82) is 0 Å². The highest BCUT2D eigenvalue weighted by Gasteiger charge is 2.17. The number of oxazole rings is 1. The van der Waals surface area contributed by atoms with E-state index in [2.05, 4.69) is 20.6 Å². The van der Waals surface area contributed by atoms with Crippen LogP contribution >= 0.6 is 0 Å². The van der Waals surface area contributed by atoms with Crippen molar-refractivity contribution in [2.75, 3.05) is 13.1 Å². The standard InChI is InChI=1S/C25H22N4O4/c1-16-8-10-17(11-9-16)21-15-29-25(33-21)19-6-3-2-5-18(19)23(31)27-13-14-28-24(32)22-20(30)7-4-12-26-22/h2-12,15,30H,13-14H2,1H3,(H,27,31)(H,28,32). The second-order valence-corrected chi connectivity index (χ2v) is 7.32. The van der Waals surface area contributed by atoms with Gasteiger partial charge in [-0.3, -0.25) is 9.59 Å². The summed E-state index contributed by atoms with van der Waals surface area (Å²) in [5, 5.41) is 15.1. The number of benzene rings is 2. The van der Waals surface area contributed by atoms with Gasteiger partial charge in [-0.2, -0.15) is 0 Å². The quantitative estimate of drug-likeness (QED) is 0.377. The molecule has 166 valence electrons. The zero-order chi connectivity index (χ0) is 23.2. The van der Waals surface area contributed by atoms with Gasteiger partial charge in [-0.15, -0.1) is 0 Å². The van der Waals surface area contributed by atoms with Crippen LogP contribution < -0.4 is 10.6 Å². The molecule has 0 spiro atoms. The molecule has 0 radical (unpaired) electrons. The van der Waals surface area contributed by atoms with E-state index in [0.29, 0.717) is 22.8 Å². The van der Waals surface area contributed by atoms with Crippen LogP contribution in [-0.4, -0.2) is 40.0 Å². The molecule has 0 saturated heterocycles. The average Bonchev–Trinajstić information content (AvgIpc) is 3.32. The zero-order valence-electron chi connectivity index (χ0n) is 17.9. The van der Waals surface area contributed by atoms with Crippen LogP contribution in [0.1, 0.15) is 26.4 Å². The lowest BCUT2D eigenvalue weighted by atomic mass is 10.1. The van der Waals surface area contributed by atoms with E-state index in [1.165, 1.54) is 18.3 Å². The Bertz CT molecular complexity index is 1280. The molecule has 4 aromatic rings. The molecule has 8 heteroatoms. The van der Waals surface area contributed by atoms with Crippen LogP contribution in [0.15, 0.2) is 77.5 Å². The second kappa shape index (κ2) is 9.78. The van der Waals surface area contributed by atoms with Gasteiger partial charge in [-0.1, -0.05) is 42.0 Å². The number of nitrogens with one attached hydrogen (secondary N) is 2. The number of hydrogen-bond acceptors (Lipinski definition) is 6. The minimum atomic E-state index is -0.522. The maximum absolute atomic E-state index is 12.8. The van der Waals surface area contributed by atoms with Gasteiger partial charge in [0.05, 0.1) is 11.8 Å². The third-order valence-electron chi connectivity index (χ3n) is 4.94. The van der Waals surface area contributed by atoms with Crippen LogP contribution in [0.3, 0.4) is 0 Å². The Morgan fingerprint density at radius 1 is 0.909 bits per heavy atom. The highest BCUT2D eigenvalue weighted by atomic mass is 16.4. The molecule has 2 aromatic carbocycles. The summed E-state index contributed by atoms with van der Waals surface area (Å²) in [5.41, 5.74) is 2.95. The minimum Gasteiger partial charge on any atom is -0.505 e. The van der Waals surface area contributed by atoms with E-state index in [-0.39, 0.29) is 30.4 Å². The third kappa shape index (κ3) is 5.07. The predicted octanol–water partition coefficient (Wildman–Crippen LogP) is 3.58. The number of nitrogens with zero attached hydrogens (tertiary/aromatic N) is 2. The Labute approximate surface area is 190 Å². The molecule has 2 heterocycles. The van der Waals surface area contributed by atoms with Crippen molar-refractivity contribution < 1.29 is 19.1 Å². The summed E-state index contributed by atoms with van der Waals surface area (Å²) in [5.74, 6) is -0.0957. The molecule has 0 unspecified atom stereocenters. The predicted molar refractivity (Wildman–Crippen MR) is 123 cm³/mol. The highest BCUT2D eigenvalue weighted by molar-refractivity contribution is 6.00. The van der Waals surface area contributed by atoms with E-state index in [0.717, 1.165) is 11.1 Å². The zero-order valence-corrected chi connectivity index (χ0v) is 17.9. The Hall–Kier alpha value is -4.46. The van der Waals surface area contributed by atoms with Crippen molar-refractivity contribution in [2.45, 2.75) is 6.92 Å². The van der Waals surface area contributed by atoms with Crippen molar-refractivity contribution in [3.8, 4) is 28.5 Å². The lowest BCUT2D eigenvalue weighted by Crippen LogP contribution is -2.35. The molecule has 0 bridgehead atoms. The monoisotopic (exact) mass is 442 g/mol. The largest absolute Gasteiger partial charge is 0.505 e. The van der Waals surface area contributed by atoms with Gasteiger partial charge in [0.15, 0.2) is 11.5 Å². The summed E-state index contributed by atoms with van der Waals surface area (Å²) in [6, 6.07) is 17.8. The minimum absolute atomic E-state index is 0.0672. The summed E-state index contributed by atoms with van der Waals surface area (Å²) >= 11 is 0. The van der Waals surface area contributed by atoms with Gasteiger partial charge in [0, 0.05) is 30.4 Å². The third-order valence-corrected chi connectivity index (χ3v) is 4.94. The van der Waals surface area contributed by atoms with E-state index in [1.807, 2.05) is 31.2 Å². The highest BCUT2D eigenvalue weighted by Crippen LogP contribution is 2.28. The van der Waals surface area contributed by atoms with Crippen LogP contribution in [0.25, 0.3) is 22.8 Å². The summed E-state index contributed by atoms with van der Waals surface area (Å²) in [6.45, 7) is 2.37. The smallest absolute Gasteiger partial charge is 0.273 e. The average molecular weight is 442 g/mol. The Morgan fingerprint density at radius 3 is 2.39 bits per heavy atom. The van der Waals surface area contributed by atoms with Gasteiger partial charge < -0.3 is 20.2 Å². The van der Waals surface area contributed by atoms with Crippen LogP contribution in [0.5, 0.6) is 5.75 Å². The number of aromatic nitrogens is 2. The molecule has 0 aliphatic rings. The first-order chi connectivity index (χ1) is 16.0. The number of pyridine rings is 1. The molecule has 0 saturated carbocycles. The molecule has 33 heavy (non-hydrogen) atoms. The van der Waals surface area contributed by atoms with Crippen molar-refractivity contribution in [3.05, 3.63) is 89.9 Å². The first-order valence-corrected chi connectivity index (χ1v) is 10.4. The number of aryl methyl sites for hydroxylation is 1. The molecule has 8 nitrogen and oxygen atoms in total. The number of amides is 2. The fourth-order valence-electron chi connectivity index (χ4n) is 3.22. The molecule has 4 rings (SSSR count). The maximum atomic E-state index is 12.8. The summed E-state index contributed by atoms with van der Waals surface area (Å²) in [6.07, 6.45) is 3.05. The van der Waals surface area contributed by atoms with Crippen molar-refractivity contribution in [2.24, 2.45) is 0 Å². The van der Waals surface area contributed by atoms with Gasteiger partial charge in [0.2, 0.25) is 5.89 Å². The SMILES string of the molecule is Cc1ccc(-c2cnc(-c3ccccc3C(=O)NCCNC(=O)c3ncccc3O)o2)cc1. The summed E-state index contributed by atoms with van der Waals surface area (Å²) < 4.78 is 5.93. The number of carbonyl (C=O) groups excluding carboxylic acids is 2. The van der Waals surface area contributed by atoms with E-state index < -0.39 is 5.91 Å². The summed E-state index contributed by atoms with van der Waals surface area (Å²) in [7, 11) is 0. The fourth-order valence-corrected chi connectivity index (χ4v) is 3.22. The Morgan fingerprint density at radius 2 is 1.64 bits per heavy atom. The maximum Gasteiger partial charge on any atom is 0.273 e. The molecule has 2 amide bonds. The topological polar surface area (TPSA) is 117 Å². The van der Waals surface area contributed by atoms with E-state index in [9.17, 15) is 14.7 Å². The van der Waals surface area contributed by atoms with Gasteiger partial charge in [0.1, 0.15) is 5.75 Å². The van der Waals surface area contributed by atoms with Crippen LogP contribution in [-0.2, 0) is 0 Å². The number of aromatic hydroxyl groups is 1. The molecule has 3 N–H and O–H groups in total. The van der Waals surface area contributed by atoms with E-state index in [4.69, 9.17) is 4.42 Å². The van der Waals surface area contributed by atoms with Crippen LogP contribution in [0, 0.1) is 6.92 Å². The van der Waals surface area contributed by atoms with Gasteiger partial charge in [0.25, 0.3) is 11.8 Å². The molecule has 0 aliphatic heterocycles. The first-order valence-electron chi connectivity index (χ1n) is 10.4.